The third-order valence-corrected chi connectivity index (χ3v) is 8.06. The van der Waals surface area contributed by atoms with Crippen LogP contribution in [-0.2, 0) is 21.2 Å². The molecule has 1 aromatic rings. The lowest BCUT2D eigenvalue weighted by molar-refractivity contribution is -0.124. The number of anilines is 1. The molecule has 0 bridgehead atoms. The van der Waals surface area contributed by atoms with Crippen LogP contribution in [0.1, 0.15) is 63.9 Å². The maximum Gasteiger partial charge on any atom is 0.240 e. The van der Waals surface area contributed by atoms with Crippen molar-refractivity contribution in [1.29, 1.82) is 0 Å². The van der Waals surface area contributed by atoms with Crippen molar-refractivity contribution in [3.8, 4) is 0 Å². The van der Waals surface area contributed by atoms with Crippen LogP contribution in [0.3, 0.4) is 0 Å². The molecule has 0 radical (unpaired) electrons. The summed E-state index contributed by atoms with van der Waals surface area (Å²) in [5, 5.41) is 0. The largest absolute Gasteiger partial charge is 0.312 e. The fraction of sp³-hybridized carbons (Fsp3) is 0.667. The number of rotatable bonds is 4. The lowest BCUT2D eigenvalue weighted by Gasteiger charge is -2.35. The van der Waals surface area contributed by atoms with Crippen molar-refractivity contribution < 1.29 is 13.2 Å². The first-order valence-electron chi connectivity index (χ1n) is 10.4. The van der Waals surface area contributed by atoms with E-state index >= 15 is 0 Å². The number of hydrogen-bond acceptors (Lipinski definition) is 3. The molecule has 1 heterocycles. The number of fused-ring (bicyclic) bond motifs is 1. The predicted octanol–water partition coefficient (Wildman–Crippen LogP) is 3.62. The Morgan fingerprint density at radius 3 is 2.48 bits per heavy atom. The van der Waals surface area contributed by atoms with E-state index in [-0.39, 0.29) is 17.9 Å². The highest BCUT2D eigenvalue weighted by Crippen LogP contribution is 2.35. The second kappa shape index (κ2) is 7.55. The number of carbonyl (C=O) groups excluding carboxylic acids is 1. The maximum absolute atomic E-state index is 12.9. The zero-order valence-corrected chi connectivity index (χ0v) is 16.9. The van der Waals surface area contributed by atoms with E-state index in [9.17, 15) is 13.2 Å². The van der Waals surface area contributed by atoms with Crippen LogP contribution in [0.25, 0.3) is 0 Å². The molecule has 0 unspecified atom stereocenters. The van der Waals surface area contributed by atoms with E-state index in [2.05, 4.69) is 11.6 Å². The molecule has 2 aliphatic carbocycles. The highest BCUT2D eigenvalue weighted by atomic mass is 32.2. The first-order valence-corrected chi connectivity index (χ1v) is 11.9. The van der Waals surface area contributed by atoms with Gasteiger partial charge < -0.3 is 4.90 Å². The van der Waals surface area contributed by atoms with Gasteiger partial charge in [0.15, 0.2) is 0 Å². The topological polar surface area (TPSA) is 66.5 Å². The molecule has 0 atom stereocenters. The Bertz CT molecular complexity index is 809. The molecule has 3 aliphatic rings. The van der Waals surface area contributed by atoms with Crippen LogP contribution >= 0.6 is 0 Å². The molecule has 1 N–H and O–H groups in total. The lowest BCUT2D eigenvalue weighted by Crippen LogP contribution is -2.42. The van der Waals surface area contributed by atoms with Crippen molar-refractivity contribution in [2.24, 2.45) is 11.8 Å². The summed E-state index contributed by atoms with van der Waals surface area (Å²) < 4.78 is 28.6. The maximum atomic E-state index is 12.9. The van der Waals surface area contributed by atoms with Gasteiger partial charge in [0.1, 0.15) is 0 Å². The summed E-state index contributed by atoms with van der Waals surface area (Å²) in [6, 6.07) is 5.32. The van der Waals surface area contributed by atoms with Crippen molar-refractivity contribution in [3.05, 3.63) is 23.8 Å². The van der Waals surface area contributed by atoms with Gasteiger partial charge in [0.25, 0.3) is 0 Å². The Morgan fingerprint density at radius 2 is 1.81 bits per heavy atom. The summed E-state index contributed by atoms with van der Waals surface area (Å²) in [5.41, 5.74) is 1.89. The molecule has 6 heteroatoms. The van der Waals surface area contributed by atoms with Crippen molar-refractivity contribution in [2.75, 3.05) is 11.4 Å². The van der Waals surface area contributed by atoms with Crippen LogP contribution in [0.2, 0.25) is 0 Å². The first-order chi connectivity index (χ1) is 12.9. The summed E-state index contributed by atoms with van der Waals surface area (Å²) >= 11 is 0. The fourth-order valence-corrected chi connectivity index (χ4v) is 5.87. The Balaban J connectivity index is 1.52. The summed E-state index contributed by atoms with van der Waals surface area (Å²) in [7, 11) is -3.51. The second-order valence-electron chi connectivity index (χ2n) is 8.59. The number of nitrogens with zero attached hydrogens (tertiary/aromatic N) is 1. The number of hydrogen-bond donors (Lipinski definition) is 1. The SMILES string of the molecule is CC1CCC(NS(=O)(=O)c2ccc3c(c2)CCCN3C(=O)C2CCC2)CC1. The summed E-state index contributed by atoms with van der Waals surface area (Å²) in [6.45, 7) is 2.97. The van der Waals surface area contributed by atoms with Crippen molar-refractivity contribution in [1.82, 2.24) is 4.72 Å². The zero-order chi connectivity index (χ0) is 19.0. The fourth-order valence-electron chi connectivity index (χ4n) is 4.51. The third kappa shape index (κ3) is 3.92. The molecule has 2 saturated carbocycles. The van der Waals surface area contributed by atoms with E-state index in [4.69, 9.17) is 0 Å². The van der Waals surface area contributed by atoms with Gasteiger partial charge in [-0.25, -0.2) is 13.1 Å². The van der Waals surface area contributed by atoms with Crippen molar-refractivity contribution >= 4 is 21.6 Å². The van der Waals surface area contributed by atoms with Gasteiger partial charge in [-0.1, -0.05) is 13.3 Å². The Labute approximate surface area is 162 Å². The Kier molecular flexibility index (Phi) is 5.30. The minimum atomic E-state index is -3.51. The number of sulfonamides is 1. The normalized spacial score (nSPS) is 26.3. The van der Waals surface area contributed by atoms with E-state index in [1.54, 1.807) is 12.1 Å². The van der Waals surface area contributed by atoms with E-state index in [1.807, 2.05) is 11.0 Å². The van der Waals surface area contributed by atoms with Gasteiger partial charge in [-0.3, -0.25) is 4.79 Å². The quantitative estimate of drug-likeness (QED) is 0.854. The number of nitrogens with one attached hydrogen (secondary N) is 1. The van der Waals surface area contributed by atoms with Gasteiger partial charge in [-0.2, -0.15) is 0 Å². The highest BCUT2D eigenvalue weighted by Gasteiger charge is 2.33. The van der Waals surface area contributed by atoms with Crippen LogP contribution in [0.4, 0.5) is 5.69 Å². The van der Waals surface area contributed by atoms with Gasteiger partial charge in [-0.15, -0.1) is 0 Å². The van der Waals surface area contributed by atoms with E-state index < -0.39 is 10.0 Å². The molecule has 1 amide bonds. The Hall–Kier alpha value is -1.40. The number of benzene rings is 1. The molecule has 4 rings (SSSR count). The third-order valence-electron chi connectivity index (χ3n) is 6.54. The van der Waals surface area contributed by atoms with E-state index in [0.29, 0.717) is 10.8 Å². The van der Waals surface area contributed by atoms with Gasteiger partial charge >= 0.3 is 0 Å². The minimum absolute atomic E-state index is 0.0407. The molecule has 1 aliphatic heterocycles. The average molecular weight is 391 g/mol. The number of carbonyl (C=O) groups is 1. The molecule has 2 fully saturated rings. The molecule has 5 nitrogen and oxygen atoms in total. The van der Waals surface area contributed by atoms with Gasteiger partial charge in [0.05, 0.1) is 4.90 Å². The zero-order valence-electron chi connectivity index (χ0n) is 16.1. The average Bonchev–Trinajstić information content (AvgIpc) is 2.61. The van der Waals surface area contributed by atoms with Gasteiger partial charge in [-0.05, 0) is 81.0 Å². The number of amides is 1. The summed E-state index contributed by atoms with van der Waals surface area (Å²) in [4.78, 5) is 14.9. The smallest absolute Gasteiger partial charge is 0.240 e. The summed E-state index contributed by atoms with van der Waals surface area (Å²) in [6.07, 6.45) is 8.81. The van der Waals surface area contributed by atoms with Crippen LogP contribution in [0.15, 0.2) is 23.1 Å². The monoisotopic (exact) mass is 390 g/mol. The molecule has 0 aromatic heterocycles. The molecule has 0 saturated heterocycles. The molecular weight excluding hydrogens is 360 g/mol. The Morgan fingerprint density at radius 1 is 1.07 bits per heavy atom. The van der Waals surface area contributed by atoms with Crippen LogP contribution in [-0.4, -0.2) is 26.9 Å². The van der Waals surface area contributed by atoms with E-state index in [1.165, 1.54) is 0 Å². The van der Waals surface area contributed by atoms with E-state index in [0.717, 1.165) is 75.6 Å². The van der Waals surface area contributed by atoms with Crippen LogP contribution in [0.5, 0.6) is 0 Å². The predicted molar refractivity (Wildman–Crippen MR) is 106 cm³/mol. The molecule has 27 heavy (non-hydrogen) atoms. The molecule has 0 spiro atoms. The number of aryl methyl sites for hydroxylation is 1. The minimum Gasteiger partial charge on any atom is -0.312 e. The van der Waals surface area contributed by atoms with Crippen LogP contribution in [0, 0.1) is 11.8 Å². The van der Waals surface area contributed by atoms with Crippen LogP contribution < -0.4 is 9.62 Å². The standard InChI is InChI=1S/C21H30N2O3S/c1-15-7-9-18(10-8-15)22-27(25,26)19-11-12-20-17(14-19)6-3-13-23(20)21(24)16-4-2-5-16/h11-12,14-16,18,22H,2-10,13H2,1H3. The highest BCUT2D eigenvalue weighted by molar-refractivity contribution is 7.89. The first kappa shape index (κ1) is 18.9. The molecular formula is C21H30N2O3S. The van der Waals surface area contributed by atoms with Gasteiger partial charge in [0.2, 0.25) is 15.9 Å². The lowest BCUT2D eigenvalue weighted by atomic mass is 9.83. The van der Waals surface area contributed by atoms with Crippen molar-refractivity contribution in [3.63, 3.8) is 0 Å². The summed E-state index contributed by atoms with van der Waals surface area (Å²) in [5.74, 6) is 1.07. The molecule has 148 valence electrons. The molecule has 1 aromatic carbocycles. The van der Waals surface area contributed by atoms with Crippen molar-refractivity contribution in [2.45, 2.75) is 75.6 Å². The second-order valence-corrected chi connectivity index (χ2v) is 10.3. The van der Waals surface area contributed by atoms with Gasteiger partial charge in [0, 0.05) is 24.2 Å².